The Balaban J connectivity index is 1.50. The molecule has 1 amide bonds. The summed E-state index contributed by atoms with van der Waals surface area (Å²) in [6.07, 6.45) is 1.71. The van der Waals surface area contributed by atoms with E-state index in [1.807, 2.05) is 80.6 Å². The lowest BCUT2D eigenvalue weighted by Gasteiger charge is -2.43. The molecule has 3 aromatic carbocycles. The van der Waals surface area contributed by atoms with E-state index in [0.29, 0.717) is 16.9 Å². The van der Waals surface area contributed by atoms with Gasteiger partial charge in [-0.1, -0.05) is 57.2 Å². The van der Waals surface area contributed by atoms with E-state index in [-0.39, 0.29) is 22.7 Å². The predicted octanol–water partition coefficient (Wildman–Crippen LogP) is 5.59. The number of aryl methyl sites for hydroxylation is 1. The number of carbonyl (C=O) groups excluding carboxylic acids is 1. The molecule has 1 unspecified atom stereocenters. The molecule has 4 aromatic rings. The van der Waals surface area contributed by atoms with E-state index in [1.54, 1.807) is 18.1 Å². The second-order valence-electron chi connectivity index (χ2n) is 11.2. The van der Waals surface area contributed by atoms with Gasteiger partial charge in [0.25, 0.3) is 11.5 Å². The highest BCUT2D eigenvalue weighted by atomic mass is 16.1. The van der Waals surface area contributed by atoms with E-state index in [2.05, 4.69) is 26.1 Å². The van der Waals surface area contributed by atoms with Gasteiger partial charge in [0.05, 0.1) is 5.69 Å². The maximum Gasteiger partial charge on any atom is 0.293 e. The lowest BCUT2D eigenvalue weighted by molar-refractivity contribution is 0.102. The first-order valence-corrected chi connectivity index (χ1v) is 12.7. The first-order chi connectivity index (χ1) is 17.9. The molecule has 38 heavy (non-hydrogen) atoms. The maximum atomic E-state index is 13.2. The second kappa shape index (κ2) is 8.96. The largest absolute Gasteiger partial charge is 0.322 e. The minimum Gasteiger partial charge on any atom is -0.322 e. The van der Waals surface area contributed by atoms with E-state index in [1.165, 1.54) is 10.1 Å². The van der Waals surface area contributed by atoms with Gasteiger partial charge in [0.1, 0.15) is 5.66 Å². The molecule has 1 atom stereocenters. The topological polar surface area (TPSA) is 93.2 Å². The fraction of sp³-hybridized carbons (Fsp3) is 0.258. The van der Waals surface area contributed by atoms with E-state index >= 15 is 0 Å². The van der Waals surface area contributed by atoms with Crippen molar-refractivity contribution in [1.29, 1.82) is 0 Å². The van der Waals surface area contributed by atoms with Crippen LogP contribution in [-0.4, -0.2) is 15.5 Å². The number of amides is 1. The number of benzene rings is 3. The molecule has 2 aliphatic heterocycles. The number of nitrogens with two attached hydrogens (primary N) is 1. The van der Waals surface area contributed by atoms with Crippen molar-refractivity contribution < 1.29 is 4.79 Å². The zero-order chi connectivity index (χ0) is 27.4. The summed E-state index contributed by atoms with van der Waals surface area (Å²) in [6.45, 7) is 10.2. The van der Waals surface area contributed by atoms with E-state index in [4.69, 9.17) is 10.7 Å². The van der Waals surface area contributed by atoms with E-state index in [0.717, 1.165) is 22.4 Å². The number of nitrogens with one attached hydrogen (secondary N) is 1. The Labute approximate surface area is 223 Å². The van der Waals surface area contributed by atoms with Gasteiger partial charge in [0.15, 0.2) is 0 Å². The summed E-state index contributed by atoms with van der Waals surface area (Å²) < 4.78 is 1.52. The maximum absolute atomic E-state index is 13.2. The Morgan fingerprint density at radius 3 is 2.26 bits per heavy atom. The highest BCUT2D eigenvalue weighted by Gasteiger charge is 2.37. The lowest BCUT2D eigenvalue weighted by atomic mass is 9.86. The van der Waals surface area contributed by atoms with Gasteiger partial charge in [-0.25, -0.2) is 4.98 Å². The fourth-order valence-corrected chi connectivity index (χ4v) is 4.92. The van der Waals surface area contributed by atoms with Crippen LogP contribution in [0, 0.1) is 6.92 Å². The van der Waals surface area contributed by atoms with Crippen molar-refractivity contribution in [3.8, 4) is 11.3 Å². The molecular weight excluding hydrogens is 474 g/mol. The Hall–Kier alpha value is -4.23. The molecule has 2 bridgehead atoms. The summed E-state index contributed by atoms with van der Waals surface area (Å²) in [7, 11) is 1.71. The number of carbonyl (C=O) groups is 1. The Morgan fingerprint density at radius 1 is 1.00 bits per heavy atom. The zero-order valence-corrected chi connectivity index (χ0v) is 22.7. The van der Waals surface area contributed by atoms with E-state index < -0.39 is 5.66 Å². The van der Waals surface area contributed by atoms with Crippen LogP contribution in [0.25, 0.3) is 11.3 Å². The second-order valence-corrected chi connectivity index (χ2v) is 11.2. The van der Waals surface area contributed by atoms with Crippen molar-refractivity contribution >= 4 is 23.1 Å². The minimum atomic E-state index is -0.899. The molecule has 3 N–H and O–H groups in total. The quantitative estimate of drug-likeness (QED) is 0.376. The Kier molecular flexibility index (Phi) is 5.99. The van der Waals surface area contributed by atoms with Crippen molar-refractivity contribution in [3.05, 3.63) is 106 Å². The monoisotopic (exact) mass is 507 g/mol. The molecule has 0 radical (unpaired) electrons. The number of anilines is 3. The van der Waals surface area contributed by atoms with Crippen molar-refractivity contribution in [2.45, 2.75) is 45.7 Å². The molecule has 0 spiro atoms. The summed E-state index contributed by atoms with van der Waals surface area (Å²) in [5, 5.41) is 3.04. The molecule has 0 saturated carbocycles. The summed E-state index contributed by atoms with van der Waals surface area (Å²) in [5.74, 6) is 0.0686. The molecule has 0 aliphatic carbocycles. The van der Waals surface area contributed by atoms with Gasteiger partial charge >= 0.3 is 0 Å². The molecule has 0 saturated heterocycles. The molecular formula is C31H33N5O2. The van der Waals surface area contributed by atoms with Crippen LogP contribution in [0.5, 0.6) is 0 Å². The number of nitrogens with zero attached hydrogens (tertiary/aromatic N) is 3. The molecule has 194 valence electrons. The van der Waals surface area contributed by atoms with Gasteiger partial charge in [-0.3, -0.25) is 14.5 Å². The summed E-state index contributed by atoms with van der Waals surface area (Å²) >= 11 is 0. The number of rotatable bonds is 4. The van der Waals surface area contributed by atoms with Crippen molar-refractivity contribution in [1.82, 2.24) is 9.55 Å². The van der Waals surface area contributed by atoms with Crippen molar-refractivity contribution in [3.63, 3.8) is 0 Å². The van der Waals surface area contributed by atoms with Crippen molar-refractivity contribution in [2.24, 2.45) is 12.8 Å². The van der Waals surface area contributed by atoms with Crippen LogP contribution in [0.1, 0.15) is 54.7 Å². The highest BCUT2D eigenvalue weighted by Crippen LogP contribution is 2.40. The normalized spacial score (nSPS) is 16.6. The first kappa shape index (κ1) is 25.4. The molecule has 3 heterocycles. The Bertz CT molecular complexity index is 1590. The van der Waals surface area contributed by atoms with Crippen LogP contribution in [-0.2, 0) is 18.1 Å². The van der Waals surface area contributed by atoms with Crippen LogP contribution in [0.4, 0.5) is 17.2 Å². The van der Waals surface area contributed by atoms with Crippen LogP contribution >= 0.6 is 0 Å². The van der Waals surface area contributed by atoms with Gasteiger partial charge in [-0.05, 0) is 66.3 Å². The first-order valence-electron chi connectivity index (χ1n) is 12.7. The average Bonchev–Trinajstić information content (AvgIpc) is 2.87. The zero-order valence-electron chi connectivity index (χ0n) is 22.7. The standard InChI is InChI=1S/C31H33N5O2/c1-19-24(8-7-9-25(19)34-28(37)20-10-12-21(13-11-20)30(2,3)4)26-18-35(6)29(38)27(33-26)36-23-16-14-22(15-17-23)31(36,5)32/h7-18H,32H2,1-6H3,(H,34,37). The molecule has 6 rings (SSSR count). The molecule has 0 fully saturated rings. The van der Waals surface area contributed by atoms with Crippen molar-refractivity contribution in [2.75, 3.05) is 10.2 Å². The SMILES string of the molecule is Cc1c(NC(=O)c2ccc(C(C)(C)C)cc2)cccc1-c1cn(C)c(=O)c(N2c3ccc(cc3)C2(C)N)n1. The Morgan fingerprint density at radius 2 is 1.66 bits per heavy atom. The molecule has 7 nitrogen and oxygen atoms in total. The smallest absolute Gasteiger partial charge is 0.293 e. The number of aromatic nitrogens is 2. The minimum absolute atomic E-state index is 0.0143. The molecule has 2 aliphatic rings. The number of hydrogen-bond donors (Lipinski definition) is 2. The third kappa shape index (κ3) is 4.29. The van der Waals surface area contributed by atoms with E-state index in [9.17, 15) is 9.59 Å². The summed E-state index contributed by atoms with van der Waals surface area (Å²) in [6, 6.07) is 21.2. The van der Waals surface area contributed by atoms with Gasteiger partial charge in [-0.2, -0.15) is 0 Å². The third-order valence-electron chi connectivity index (χ3n) is 7.31. The highest BCUT2D eigenvalue weighted by molar-refractivity contribution is 6.05. The molecule has 1 aromatic heterocycles. The lowest BCUT2D eigenvalue weighted by Crippen LogP contribution is -2.52. The number of hydrogen-bond acceptors (Lipinski definition) is 5. The van der Waals surface area contributed by atoms with Crippen LogP contribution in [0.15, 0.2) is 77.7 Å². The molecule has 7 heteroatoms. The van der Waals surface area contributed by atoms with Crippen LogP contribution < -0.4 is 21.5 Å². The summed E-state index contributed by atoms with van der Waals surface area (Å²) in [5.41, 5.74) is 12.0. The van der Waals surface area contributed by atoms with Crippen LogP contribution in [0.2, 0.25) is 0 Å². The number of fused-ring (bicyclic) bond motifs is 3. The van der Waals surface area contributed by atoms with Gasteiger partial charge < -0.3 is 15.6 Å². The van der Waals surface area contributed by atoms with Gasteiger partial charge in [0, 0.05) is 35.7 Å². The van der Waals surface area contributed by atoms with Gasteiger partial charge in [0.2, 0.25) is 5.82 Å². The van der Waals surface area contributed by atoms with Crippen LogP contribution in [0.3, 0.4) is 0 Å². The average molecular weight is 508 g/mol. The van der Waals surface area contributed by atoms with Gasteiger partial charge in [-0.15, -0.1) is 0 Å². The third-order valence-corrected chi connectivity index (χ3v) is 7.31. The summed E-state index contributed by atoms with van der Waals surface area (Å²) in [4.78, 5) is 32.9. The fourth-order valence-electron chi connectivity index (χ4n) is 4.92. The predicted molar refractivity (Wildman–Crippen MR) is 153 cm³/mol.